The van der Waals surface area contributed by atoms with Gasteiger partial charge in [-0.05, 0) is 31.2 Å². The van der Waals surface area contributed by atoms with Gasteiger partial charge in [0.05, 0.1) is 30.3 Å². The third kappa shape index (κ3) is 2.83. The normalized spacial score (nSPS) is 13.4. The summed E-state index contributed by atoms with van der Waals surface area (Å²) >= 11 is 1.28. The number of fused-ring (bicyclic) bond motifs is 1. The number of rotatable bonds is 4. The Hall–Kier alpha value is -2.53. The largest absolute Gasteiger partial charge is 0.496 e. The summed E-state index contributed by atoms with van der Waals surface area (Å²) in [6.45, 7) is 2.00. The number of Topliss-reactive ketones (excluding diaryl/α,β-unsaturated/α-hetero) is 1. The molecule has 122 valence electrons. The highest BCUT2D eigenvalue weighted by Crippen LogP contribution is 2.40. The van der Waals surface area contributed by atoms with E-state index in [4.69, 9.17) is 9.47 Å². The molecule has 24 heavy (non-hydrogen) atoms. The molecule has 0 saturated heterocycles. The Morgan fingerprint density at radius 3 is 2.00 bits per heavy atom. The molecule has 0 aromatic heterocycles. The number of aryl methyl sites for hydroxylation is 1. The van der Waals surface area contributed by atoms with E-state index in [1.165, 1.54) is 32.1 Å². The second-order valence-electron chi connectivity index (χ2n) is 5.34. The molecule has 0 amide bonds. The lowest BCUT2D eigenvalue weighted by atomic mass is 9.93. The minimum atomic E-state index is -0.255. The van der Waals surface area contributed by atoms with E-state index < -0.39 is 0 Å². The van der Waals surface area contributed by atoms with Crippen molar-refractivity contribution in [3.8, 4) is 11.5 Å². The van der Waals surface area contributed by atoms with Crippen LogP contribution in [-0.4, -0.2) is 25.8 Å². The van der Waals surface area contributed by atoms with Crippen molar-refractivity contribution in [1.82, 2.24) is 0 Å². The number of carbonyl (C=O) groups excluding carboxylic acids is 2. The second kappa shape index (κ2) is 6.53. The third-order valence-corrected chi connectivity index (χ3v) is 4.81. The lowest BCUT2D eigenvalue weighted by Gasteiger charge is -2.19. The van der Waals surface area contributed by atoms with Gasteiger partial charge in [-0.25, -0.2) is 0 Å². The lowest BCUT2D eigenvalue weighted by Crippen LogP contribution is -2.18. The van der Waals surface area contributed by atoms with E-state index >= 15 is 0 Å². The molecule has 0 aliphatic heterocycles. The van der Waals surface area contributed by atoms with Gasteiger partial charge < -0.3 is 9.47 Å². The molecule has 2 aromatic rings. The van der Waals surface area contributed by atoms with Gasteiger partial charge in [0.1, 0.15) is 11.5 Å². The molecule has 2 aromatic carbocycles. The van der Waals surface area contributed by atoms with Crippen molar-refractivity contribution in [2.24, 2.45) is 0 Å². The van der Waals surface area contributed by atoms with E-state index in [0.717, 1.165) is 10.5 Å². The van der Waals surface area contributed by atoms with Crippen molar-refractivity contribution in [1.29, 1.82) is 0 Å². The summed E-state index contributed by atoms with van der Waals surface area (Å²) in [4.78, 5) is 26.7. The Balaban J connectivity index is 2.05. The first-order chi connectivity index (χ1) is 11.5. The molecule has 0 fully saturated rings. The van der Waals surface area contributed by atoms with Crippen LogP contribution >= 0.6 is 11.8 Å². The van der Waals surface area contributed by atoms with Crippen LogP contribution in [0.2, 0.25) is 0 Å². The number of benzene rings is 2. The summed E-state index contributed by atoms with van der Waals surface area (Å²) in [6, 6.07) is 11.1. The molecule has 0 saturated carbocycles. The Labute approximate surface area is 144 Å². The zero-order valence-corrected chi connectivity index (χ0v) is 14.4. The lowest BCUT2D eigenvalue weighted by molar-refractivity contribution is 0.0986. The number of hydrogen-bond donors (Lipinski definition) is 0. The average molecular weight is 340 g/mol. The number of thioether (sulfide) groups is 1. The molecule has 0 heterocycles. The molecule has 0 spiro atoms. The summed E-state index contributed by atoms with van der Waals surface area (Å²) in [5, 5.41) is 0. The summed E-state index contributed by atoms with van der Waals surface area (Å²) < 4.78 is 10.5. The standard InChI is InChI=1S/C19H16O4S/c1-11-4-6-12(7-5-11)24-16-10-13(20)17-14(22-2)8-9-15(23-3)18(17)19(16)21/h4-10H,1-3H3. The van der Waals surface area contributed by atoms with E-state index in [2.05, 4.69) is 0 Å². The van der Waals surface area contributed by atoms with Crippen molar-refractivity contribution >= 4 is 23.3 Å². The van der Waals surface area contributed by atoms with Crippen molar-refractivity contribution < 1.29 is 19.1 Å². The quantitative estimate of drug-likeness (QED) is 0.840. The fraction of sp³-hybridized carbons (Fsp3) is 0.158. The highest BCUT2D eigenvalue weighted by molar-refractivity contribution is 8.04. The molecule has 1 aliphatic rings. The first kappa shape index (κ1) is 16.3. The van der Waals surface area contributed by atoms with Crippen LogP contribution in [0.4, 0.5) is 0 Å². The Bertz CT molecular complexity index is 850. The summed E-state index contributed by atoms with van der Waals surface area (Å²) in [7, 11) is 2.95. The summed E-state index contributed by atoms with van der Waals surface area (Å²) in [5.74, 6) is 0.264. The van der Waals surface area contributed by atoms with Crippen molar-refractivity contribution in [2.45, 2.75) is 11.8 Å². The molecule has 1 aliphatic carbocycles. The van der Waals surface area contributed by atoms with E-state index in [9.17, 15) is 9.59 Å². The number of methoxy groups -OCH3 is 2. The van der Waals surface area contributed by atoms with Crippen LogP contribution in [0.5, 0.6) is 11.5 Å². The molecule has 0 N–H and O–H groups in total. The fourth-order valence-corrected chi connectivity index (χ4v) is 3.45. The van der Waals surface area contributed by atoms with Gasteiger partial charge in [-0.1, -0.05) is 29.5 Å². The van der Waals surface area contributed by atoms with Crippen LogP contribution in [-0.2, 0) is 0 Å². The average Bonchev–Trinajstić information content (AvgIpc) is 2.60. The molecule has 5 heteroatoms. The van der Waals surface area contributed by atoms with Gasteiger partial charge in [-0.15, -0.1) is 0 Å². The number of allylic oxidation sites excluding steroid dienone is 2. The second-order valence-corrected chi connectivity index (χ2v) is 6.45. The monoisotopic (exact) mass is 340 g/mol. The van der Waals surface area contributed by atoms with Crippen LogP contribution in [0.3, 0.4) is 0 Å². The van der Waals surface area contributed by atoms with E-state index in [0.29, 0.717) is 16.4 Å². The molecule has 3 rings (SSSR count). The first-order valence-corrected chi connectivity index (χ1v) is 8.17. The Kier molecular flexibility index (Phi) is 4.44. The van der Waals surface area contributed by atoms with Crippen molar-refractivity contribution in [3.63, 3.8) is 0 Å². The maximum atomic E-state index is 12.9. The SMILES string of the molecule is COc1ccc(OC)c2c1C(=O)C=C(Sc1ccc(C)cc1)C2=O. The van der Waals surface area contributed by atoms with E-state index in [1.807, 2.05) is 31.2 Å². The van der Waals surface area contributed by atoms with Gasteiger partial charge in [0.15, 0.2) is 5.78 Å². The summed E-state index contributed by atoms with van der Waals surface area (Å²) in [5.41, 5.74) is 1.66. The van der Waals surface area contributed by atoms with Crippen LogP contribution < -0.4 is 9.47 Å². The zero-order chi connectivity index (χ0) is 17.3. The molecule has 4 nitrogen and oxygen atoms in total. The minimum absolute atomic E-state index is 0.231. The van der Waals surface area contributed by atoms with Gasteiger partial charge in [-0.2, -0.15) is 0 Å². The Morgan fingerprint density at radius 1 is 0.833 bits per heavy atom. The van der Waals surface area contributed by atoms with Crippen LogP contribution in [0.25, 0.3) is 0 Å². The molecule has 0 bridgehead atoms. The first-order valence-electron chi connectivity index (χ1n) is 7.35. The van der Waals surface area contributed by atoms with Crippen LogP contribution in [0.1, 0.15) is 26.3 Å². The predicted octanol–water partition coefficient (Wildman–Crippen LogP) is 4.07. The Morgan fingerprint density at radius 2 is 1.42 bits per heavy atom. The molecular formula is C19H16O4S. The number of hydrogen-bond acceptors (Lipinski definition) is 5. The minimum Gasteiger partial charge on any atom is -0.496 e. The highest BCUT2D eigenvalue weighted by atomic mass is 32.2. The third-order valence-electron chi connectivity index (χ3n) is 3.78. The van der Waals surface area contributed by atoms with Gasteiger partial charge >= 0.3 is 0 Å². The van der Waals surface area contributed by atoms with Gasteiger partial charge in [0, 0.05) is 11.0 Å². The number of ketones is 2. The van der Waals surface area contributed by atoms with Gasteiger partial charge in [0.25, 0.3) is 0 Å². The molecule has 0 atom stereocenters. The number of ether oxygens (including phenoxy) is 2. The molecular weight excluding hydrogens is 324 g/mol. The molecule has 0 radical (unpaired) electrons. The molecule has 0 unspecified atom stereocenters. The van der Waals surface area contributed by atoms with Crippen LogP contribution in [0.15, 0.2) is 52.3 Å². The fourth-order valence-electron chi connectivity index (χ4n) is 2.56. The highest BCUT2D eigenvalue weighted by Gasteiger charge is 2.32. The van der Waals surface area contributed by atoms with Gasteiger partial charge in [-0.3, -0.25) is 9.59 Å². The number of carbonyl (C=O) groups is 2. The van der Waals surface area contributed by atoms with E-state index in [-0.39, 0.29) is 22.7 Å². The smallest absolute Gasteiger partial charge is 0.204 e. The maximum absolute atomic E-state index is 12.9. The zero-order valence-electron chi connectivity index (χ0n) is 13.6. The van der Waals surface area contributed by atoms with E-state index in [1.54, 1.807) is 12.1 Å². The van der Waals surface area contributed by atoms with Crippen molar-refractivity contribution in [3.05, 3.63) is 64.1 Å². The van der Waals surface area contributed by atoms with Gasteiger partial charge in [0.2, 0.25) is 5.78 Å². The topological polar surface area (TPSA) is 52.6 Å². The predicted molar refractivity (Wildman–Crippen MR) is 93.3 cm³/mol. The van der Waals surface area contributed by atoms with Crippen molar-refractivity contribution in [2.75, 3.05) is 14.2 Å². The summed E-state index contributed by atoms with van der Waals surface area (Å²) in [6.07, 6.45) is 1.37. The van der Waals surface area contributed by atoms with Crippen LogP contribution in [0, 0.1) is 6.92 Å². The maximum Gasteiger partial charge on any atom is 0.204 e.